The smallest absolute Gasteiger partial charge is 0.203 e. The summed E-state index contributed by atoms with van der Waals surface area (Å²) in [5.74, 6) is 0.00826. The lowest BCUT2D eigenvalue weighted by Gasteiger charge is -2.35. The summed E-state index contributed by atoms with van der Waals surface area (Å²) in [4.78, 5) is 0. The maximum absolute atomic E-state index is 11.7. The summed E-state index contributed by atoms with van der Waals surface area (Å²) >= 11 is 4.86. The van der Waals surface area contributed by atoms with Gasteiger partial charge in [-0.3, -0.25) is 0 Å². The molecule has 1 N–H and O–H groups in total. The van der Waals surface area contributed by atoms with Gasteiger partial charge in [-0.15, -0.1) is 0 Å². The Morgan fingerprint density at radius 2 is 1.79 bits per heavy atom. The highest BCUT2D eigenvalue weighted by Gasteiger charge is 2.49. The molecule has 86 valence electrons. The second-order valence-electron chi connectivity index (χ2n) is 4.23. The number of aliphatic hydroxyl groups excluding tert-OH is 1. The summed E-state index contributed by atoms with van der Waals surface area (Å²) in [5, 5.41) is 9.95. The summed E-state index contributed by atoms with van der Waals surface area (Å²) < 4.78 is 22.1. The normalized spacial score (nSPS) is 20.2. The van der Waals surface area contributed by atoms with E-state index >= 15 is 0 Å². The number of halogens is 2. The number of hydrogen-bond donors (Lipinski definition) is 1. The highest BCUT2D eigenvalue weighted by molar-refractivity contribution is 14.1. The molecule has 0 unspecified atom stereocenters. The van der Waals surface area contributed by atoms with Crippen LogP contribution in [0, 0.1) is 5.41 Å². The van der Waals surface area contributed by atoms with Gasteiger partial charge in [0, 0.05) is 5.75 Å². The fourth-order valence-electron chi connectivity index (χ4n) is 0.867. The molecule has 0 heterocycles. The Morgan fingerprint density at radius 3 is 2.00 bits per heavy atom. The molecule has 14 heavy (non-hydrogen) atoms. The van der Waals surface area contributed by atoms with Gasteiger partial charge in [0.2, 0.25) is 1.66 Å². The standard InChI is InChI=1S/C8H16BrIO3S/c1-5-14(12,13)8(9,10)6(11)7(2,3)4/h6,11H,5H2,1-4H3/t6-,8+/m0/s1. The minimum absolute atomic E-state index is 0.00826. The van der Waals surface area contributed by atoms with E-state index in [0.29, 0.717) is 0 Å². The molecular formula is C8H16BrIO3S. The summed E-state index contributed by atoms with van der Waals surface area (Å²) in [6, 6.07) is 0. The fourth-order valence-corrected chi connectivity index (χ4v) is 5.19. The molecule has 0 aromatic carbocycles. The zero-order valence-corrected chi connectivity index (χ0v) is 13.3. The monoisotopic (exact) mass is 398 g/mol. The van der Waals surface area contributed by atoms with Crippen molar-refractivity contribution in [3.05, 3.63) is 0 Å². The van der Waals surface area contributed by atoms with Crippen molar-refractivity contribution in [2.24, 2.45) is 5.41 Å². The average Bonchev–Trinajstić information content (AvgIpc) is 2.01. The van der Waals surface area contributed by atoms with Gasteiger partial charge in [-0.1, -0.05) is 43.6 Å². The van der Waals surface area contributed by atoms with Crippen LogP contribution in [0.1, 0.15) is 27.7 Å². The third-order valence-electron chi connectivity index (χ3n) is 1.93. The maximum atomic E-state index is 11.7. The van der Waals surface area contributed by atoms with Gasteiger partial charge in [0.05, 0.1) is 6.10 Å². The fraction of sp³-hybridized carbons (Fsp3) is 1.00. The number of rotatable bonds is 3. The van der Waals surface area contributed by atoms with E-state index < -0.39 is 23.0 Å². The molecule has 0 aliphatic rings. The van der Waals surface area contributed by atoms with Crippen LogP contribution >= 0.6 is 38.5 Å². The first-order valence-corrected chi connectivity index (χ1v) is 7.77. The van der Waals surface area contributed by atoms with Crippen LogP contribution in [0.5, 0.6) is 0 Å². The highest BCUT2D eigenvalue weighted by atomic mass is 127. The summed E-state index contributed by atoms with van der Waals surface area (Å²) in [6.45, 7) is 6.98. The van der Waals surface area contributed by atoms with Gasteiger partial charge in [0.25, 0.3) is 0 Å². The molecule has 0 aliphatic heterocycles. The number of aliphatic hydroxyl groups is 1. The Bertz CT molecular complexity index is 292. The molecule has 2 atom stereocenters. The van der Waals surface area contributed by atoms with Crippen LogP contribution in [0.15, 0.2) is 0 Å². The SMILES string of the molecule is CCS(=O)(=O)[C@](Br)(I)[C@@H](O)C(C)(C)C. The first kappa shape index (κ1) is 15.1. The second-order valence-corrected chi connectivity index (χ2v) is 12.4. The van der Waals surface area contributed by atoms with Gasteiger partial charge < -0.3 is 5.11 Å². The van der Waals surface area contributed by atoms with Crippen molar-refractivity contribution >= 4 is 48.4 Å². The number of alkyl halides is 2. The zero-order valence-electron chi connectivity index (χ0n) is 8.71. The molecular weight excluding hydrogens is 383 g/mol. The third kappa shape index (κ3) is 3.05. The topological polar surface area (TPSA) is 54.4 Å². The Hall–Kier alpha value is 1.12. The first-order valence-electron chi connectivity index (χ1n) is 4.25. The van der Waals surface area contributed by atoms with Gasteiger partial charge in [-0.05, 0) is 28.0 Å². The maximum Gasteiger partial charge on any atom is 0.203 e. The molecule has 3 nitrogen and oxygen atoms in total. The van der Waals surface area contributed by atoms with Crippen molar-refractivity contribution in [1.82, 2.24) is 0 Å². The molecule has 0 rings (SSSR count). The van der Waals surface area contributed by atoms with Gasteiger partial charge >= 0.3 is 0 Å². The van der Waals surface area contributed by atoms with Gasteiger partial charge in [0.15, 0.2) is 9.84 Å². The Labute approximate surface area is 108 Å². The van der Waals surface area contributed by atoms with Crippen LogP contribution in [0.3, 0.4) is 0 Å². The van der Waals surface area contributed by atoms with E-state index in [1.807, 2.05) is 0 Å². The van der Waals surface area contributed by atoms with Crippen LogP contribution in [-0.4, -0.2) is 27.0 Å². The summed E-state index contributed by atoms with van der Waals surface area (Å²) in [5.41, 5.74) is -0.479. The minimum atomic E-state index is -3.33. The highest BCUT2D eigenvalue weighted by Crippen LogP contribution is 2.43. The van der Waals surface area contributed by atoms with Crippen LogP contribution < -0.4 is 0 Å². The molecule has 0 spiro atoms. The molecule has 0 fully saturated rings. The first-order chi connectivity index (χ1) is 5.97. The van der Waals surface area contributed by atoms with E-state index in [1.54, 1.807) is 50.3 Å². The van der Waals surface area contributed by atoms with Crippen LogP contribution in [0.25, 0.3) is 0 Å². The minimum Gasteiger partial charge on any atom is -0.389 e. The van der Waals surface area contributed by atoms with Gasteiger partial charge in [-0.2, -0.15) is 0 Å². The van der Waals surface area contributed by atoms with E-state index in [1.165, 1.54) is 0 Å². The van der Waals surface area contributed by atoms with E-state index in [0.717, 1.165) is 0 Å². The van der Waals surface area contributed by atoms with Crippen molar-refractivity contribution in [3.63, 3.8) is 0 Å². The van der Waals surface area contributed by atoms with E-state index in [9.17, 15) is 13.5 Å². The van der Waals surface area contributed by atoms with Crippen molar-refractivity contribution in [1.29, 1.82) is 0 Å². The molecule has 0 radical (unpaired) electrons. The molecule has 0 bridgehead atoms. The van der Waals surface area contributed by atoms with Crippen molar-refractivity contribution < 1.29 is 13.5 Å². The van der Waals surface area contributed by atoms with Crippen LogP contribution in [-0.2, 0) is 9.84 Å². The lowest BCUT2D eigenvalue weighted by atomic mass is 9.90. The molecule has 0 amide bonds. The molecule has 0 aliphatic carbocycles. The second kappa shape index (κ2) is 4.55. The number of sulfone groups is 1. The Balaban J connectivity index is 5.18. The van der Waals surface area contributed by atoms with Gasteiger partial charge in [-0.25, -0.2) is 8.42 Å². The average molecular weight is 399 g/mol. The molecule has 6 heteroatoms. The van der Waals surface area contributed by atoms with Crippen molar-refractivity contribution in [2.45, 2.75) is 35.5 Å². The van der Waals surface area contributed by atoms with Gasteiger partial charge in [0.1, 0.15) is 0 Å². The van der Waals surface area contributed by atoms with E-state index in [2.05, 4.69) is 15.9 Å². The van der Waals surface area contributed by atoms with Crippen LogP contribution in [0.2, 0.25) is 0 Å². The van der Waals surface area contributed by atoms with Crippen molar-refractivity contribution in [2.75, 3.05) is 5.75 Å². The lowest BCUT2D eigenvalue weighted by Crippen LogP contribution is -2.46. The largest absolute Gasteiger partial charge is 0.389 e. The summed E-state index contributed by atoms with van der Waals surface area (Å²) in [7, 11) is -3.33. The number of hydrogen-bond acceptors (Lipinski definition) is 3. The lowest BCUT2D eigenvalue weighted by molar-refractivity contribution is 0.0740. The van der Waals surface area contributed by atoms with Crippen LogP contribution in [0.4, 0.5) is 0 Å². The Morgan fingerprint density at radius 1 is 1.43 bits per heavy atom. The predicted molar refractivity (Wildman–Crippen MR) is 70.6 cm³/mol. The van der Waals surface area contributed by atoms with E-state index in [4.69, 9.17) is 0 Å². The quantitative estimate of drug-likeness (QED) is 0.586. The molecule has 0 saturated heterocycles. The Kier molecular flexibility index (Phi) is 4.91. The molecule has 0 saturated carbocycles. The third-order valence-corrected chi connectivity index (χ3v) is 8.26. The zero-order chi connectivity index (χ0) is 11.8. The van der Waals surface area contributed by atoms with E-state index in [-0.39, 0.29) is 5.75 Å². The summed E-state index contributed by atoms with van der Waals surface area (Å²) in [6.07, 6.45) is -0.958. The molecule has 0 aromatic rings. The predicted octanol–water partition coefficient (Wildman–Crippen LogP) is 2.31. The molecule has 0 aromatic heterocycles. The van der Waals surface area contributed by atoms with Crippen molar-refractivity contribution in [3.8, 4) is 0 Å².